The minimum atomic E-state index is -4.44. The lowest BCUT2D eigenvalue weighted by Gasteiger charge is -2.47. The number of hydrogen-bond donors (Lipinski definition) is 1. The van der Waals surface area contributed by atoms with E-state index in [0.29, 0.717) is 30.5 Å². The zero-order valence-corrected chi connectivity index (χ0v) is 19.7. The molecule has 3 atom stereocenters. The van der Waals surface area contributed by atoms with Crippen LogP contribution in [0.25, 0.3) is 0 Å². The number of cyclic esters (lactones) is 1. The van der Waals surface area contributed by atoms with Crippen LogP contribution in [0.4, 0.5) is 18.0 Å². The highest BCUT2D eigenvalue weighted by molar-refractivity contribution is 5.71. The van der Waals surface area contributed by atoms with Crippen LogP contribution in [0, 0.1) is 18.3 Å². The number of amides is 1. The molecule has 2 heterocycles. The first-order valence-corrected chi connectivity index (χ1v) is 11.6. The van der Waals surface area contributed by atoms with Gasteiger partial charge >= 0.3 is 12.3 Å². The van der Waals surface area contributed by atoms with Gasteiger partial charge < -0.3 is 14.8 Å². The Balaban J connectivity index is 1.56. The number of carbonyl (C=O) groups excluding carboxylic acids is 1. The maximum Gasteiger partial charge on any atom is 0.416 e. The Morgan fingerprint density at radius 1 is 1.23 bits per heavy atom. The highest BCUT2D eigenvalue weighted by Gasteiger charge is 2.50. The third-order valence-electron chi connectivity index (χ3n) is 6.97. The molecule has 2 saturated heterocycles. The van der Waals surface area contributed by atoms with Gasteiger partial charge in [-0.3, -0.25) is 4.90 Å². The van der Waals surface area contributed by atoms with Crippen LogP contribution in [0.15, 0.2) is 48.5 Å². The number of hydrogen-bond acceptors (Lipinski definition) is 5. The van der Waals surface area contributed by atoms with Crippen molar-refractivity contribution in [2.45, 2.75) is 50.0 Å². The van der Waals surface area contributed by atoms with Crippen molar-refractivity contribution < 1.29 is 27.4 Å². The SMILES string of the molecule is Cc1cc([C@@H](C)OC[C@@]2(c3ccccc3)CC[C@](C#N)(N3CCOC3=O)CN2)cc(C(F)(F)F)c1. The maximum absolute atomic E-state index is 13.3. The molecule has 4 rings (SSSR count). The van der Waals surface area contributed by atoms with Gasteiger partial charge in [0.05, 0.1) is 36.4 Å². The van der Waals surface area contributed by atoms with Crippen LogP contribution in [0.3, 0.4) is 0 Å². The summed E-state index contributed by atoms with van der Waals surface area (Å²) in [5.74, 6) is 0. The molecule has 186 valence electrons. The molecule has 2 fully saturated rings. The Bertz CT molecular complexity index is 1110. The summed E-state index contributed by atoms with van der Waals surface area (Å²) in [6.07, 6.45) is -4.63. The normalized spacial score (nSPS) is 25.7. The number of ether oxygens (including phenoxy) is 2. The number of alkyl halides is 3. The molecule has 2 aliphatic heterocycles. The lowest BCUT2D eigenvalue weighted by Crippen LogP contribution is -2.64. The number of nitriles is 1. The van der Waals surface area contributed by atoms with Crippen LogP contribution in [0.5, 0.6) is 0 Å². The van der Waals surface area contributed by atoms with E-state index in [1.165, 1.54) is 4.90 Å². The summed E-state index contributed by atoms with van der Waals surface area (Å²) in [4.78, 5) is 13.7. The van der Waals surface area contributed by atoms with E-state index < -0.39 is 35.0 Å². The predicted octanol–water partition coefficient (Wildman–Crippen LogP) is 5.08. The van der Waals surface area contributed by atoms with E-state index >= 15 is 0 Å². The van der Waals surface area contributed by atoms with Gasteiger partial charge in [-0.1, -0.05) is 42.0 Å². The minimum absolute atomic E-state index is 0.180. The lowest BCUT2D eigenvalue weighted by atomic mass is 9.76. The second-order valence-electron chi connectivity index (χ2n) is 9.29. The zero-order chi connectivity index (χ0) is 25.3. The third-order valence-corrected chi connectivity index (χ3v) is 6.97. The second-order valence-corrected chi connectivity index (χ2v) is 9.29. The summed E-state index contributed by atoms with van der Waals surface area (Å²) in [5, 5.41) is 13.4. The molecule has 2 aromatic carbocycles. The molecule has 1 amide bonds. The Morgan fingerprint density at radius 2 is 1.97 bits per heavy atom. The van der Waals surface area contributed by atoms with Gasteiger partial charge in [-0.2, -0.15) is 18.4 Å². The van der Waals surface area contributed by atoms with Gasteiger partial charge in [0.15, 0.2) is 0 Å². The van der Waals surface area contributed by atoms with Gasteiger partial charge in [0.1, 0.15) is 12.1 Å². The fourth-order valence-electron chi connectivity index (χ4n) is 4.87. The van der Waals surface area contributed by atoms with Gasteiger partial charge in [0.2, 0.25) is 0 Å². The molecule has 6 nitrogen and oxygen atoms in total. The van der Waals surface area contributed by atoms with E-state index in [2.05, 4.69) is 11.4 Å². The number of rotatable bonds is 6. The van der Waals surface area contributed by atoms with Crippen LogP contribution in [0.1, 0.15) is 48.1 Å². The van der Waals surface area contributed by atoms with Crippen LogP contribution in [0.2, 0.25) is 0 Å². The molecule has 35 heavy (non-hydrogen) atoms. The highest BCUT2D eigenvalue weighted by atomic mass is 19.4. The van der Waals surface area contributed by atoms with E-state index in [4.69, 9.17) is 9.47 Å². The molecule has 2 aromatic rings. The van der Waals surface area contributed by atoms with E-state index in [0.717, 1.165) is 17.7 Å². The number of aryl methyl sites for hydroxylation is 1. The van der Waals surface area contributed by atoms with Crippen LogP contribution in [-0.4, -0.2) is 42.8 Å². The zero-order valence-electron chi connectivity index (χ0n) is 19.7. The van der Waals surface area contributed by atoms with Gasteiger partial charge in [0.25, 0.3) is 0 Å². The van der Waals surface area contributed by atoms with E-state index in [1.807, 2.05) is 30.3 Å². The van der Waals surface area contributed by atoms with Gasteiger partial charge in [0, 0.05) is 6.54 Å². The largest absolute Gasteiger partial charge is 0.447 e. The van der Waals surface area contributed by atoms with E-state index in [1.54, 1.807) is 19.9 Å². The first-order valence-electron chi connectivity index (χ1n) is 11.6. The van der Waals surface area contributed by atoms with Crippen molar-refractivity contribution in [1.29, 1.82) is 5.26 Å². The number of piperidine rings is 1. The number of nitrogens with zero attached hydrogens (tertiary/aromatic N) is 2. The first-order chi connectivity index (χ1) is 16.6. The summed E-state index contributed by atoms with van der Waals surface area (Å²) < 4.78 is 51.2. The first kappa shape index (κ1) is 25.0. The number of carbonyl (C=O) groups is 1. The monoisotopic (exact) mass is 487 g/mol. The molecule has 9 heteroatoms. The average molecular weight is 488 g/mol. The molecule has 0 unspecified atom stereocenters. The maximum atomic E-state index is 13.3. The van der Waals surface area contributed by atoms with Crippen molar-refractivity contribution in [3.05, 3.63) is 70.8 Å². The van der Waals surface area contributed by atoms with Crippen molar-refractivity contribution in [1.82, 2.24) is 10.2 Å². The Labute approximate surface area is 202 Å². The fourth-order valence-corrected chi connectivity index (χ4v) is 4.87. The molecule has 0 bridgehead atoms. The second kappa shape index (κ2) is 9.51. The predicted molar refractivity (Wildman–Crippen MR) is 122 cm³/mol. The van der Waals surface area contributed by atoms with Crippen molar-refractivity contribution in [3.63, 3.8) is 0 Å². The Morgan fingerprint density at radius 3 is 2.54 bits per heavy atom. The smallest absolute Gasteiger partial charge is 0.416 e. The standard InChI is InChI=1S/C26H28F3N3O3/c1-18-12-20(14-22(13-18)26(27,28)29)19(2)35-17-25(21-6-4-3-5-7-21)9-8-24(15-30,16-31-25)32-10-11-34-23(32)33/h3-7,12-14,19,31H,8-11,16-17H2,1-2H3/t19-,24-,25-/m1/s1. The number of nitrogens with one attached hydrogen (secondary N) is 1. The van der Waals surface area contributed by atoms with Crippen molar-refractivity contribution >= 4 is 6.09 Å². The average Bonchev–Trinajstić information content (AvgIpc) is 3.29. The highest BCUT2D eigenvalue weighted by Crippen LogP contribution is 2.39. The molecular weight excluding hydrogens is 459 g/mol. The summed E-state index contributed by atoms with van der Waals surface area (Å²) in [6.45, 7) is 4.37. The minimum Gasteiger partial charge on any atom is -0.447 e. The van der Waals surface area contributed by atoms with E-state index in [9.17, 15) is 23.2 Å². The van der Waals surface area contributed by atoms with Crippen LogP contribution in [-0.2, 0) is 21.2 Å². The molecule has 0 spiro atoms. The van der Waals surface area contributed by atoms with Gasteiger partial charge in [-0.15, -0.1) is 0 Å². The third kappa shape index (κ3) is 5.00. The molecule has 0 aromatic heterocycles. The quantitative estimate of drug-likeness (QED) is 0.615. The summed E-state index contributed by atoms with van der Waals surface area (Å²) >= 11 is 0. The van der Waals surface area contributed by atoms with E-state index in [-0.39, 0.29) is 19.8 Å². The summed E-state index contributed by atoms with van der Waals surface area (Å²) in [5.41, 5.74) is -0.500. The Hall–Kier alpha value is -3.09. The van der Waals surface area contributed by atoms with Crippen molar-refractivity contribution in [3.8, 4) is 6.07 Å². The molecule has 0 radical (unpaired) electrons. The van der Waals surface area contributed by atoms with Crippen molar-refractivity contribution in [2.24, 2.45) is 0 Å². The number of halogens is 3. The van der Waals surface area contributed by atoms with Gasteiger partial charge in [-0.25, -0.2) is 4.79 Å². The molecule has 2 aliphatic rings. The molecule has 1 N–H and O–H groups in total. The van der Waals surface area contributed by atoms with Crippen LogP contribution >= 0.6 is 0 Å². The van der Waals surface area contributed by atoms with Crippen LogP contribution < -0.4 is 5.32 Å². The molecular formula is C26H28F3N3O3. The van der Waals surface area contributed by atoms with Gasteiger partial charge in [-0.05, 0) is 49.9 Å². The summed E-state index contributed by atoms with van der Waals surface area (Å²) in [6, 6.07) is 15.9. The molecule has 0 aliphatic carbocycles. The number of benzene rings is 2. The van der Waals surface area contributed by atoms with Crippen molar-refractivity contribution in [2.75, 3.05) is 26.3 Å². The Kier molecular flexibility index (Phi) is 6.80. The molecule has 0 saturated carbocycles. The lowest BCUT2D eigenvalue weighted by molar-refractivity contribution is -0.137. The fraction of sp³-hybridized carbons (Fsp3) is 0.462. The topological polar surface area (TPSA) is 74.6 Å². The summed E-state index contributed by atoms with van der Waals surface area (Å²) in [7, 11) is 0.